The molecular weight excluding hydrogens is 320 g/mol. The van der Waals surface area contributed by atoms with Crippen LogP contribution in [0.1, 0.15) is 6.42 Å². The minimum Gasteiger partial charge on any atom is -0.326 e. The van der Waals surface area contributed by atoms with Crippen LogP contribution in [0.2, 0.25) is 0 Å². The monoisotopic (exact) mass is 343 g/mol. The molecule has 94 valence electrons. The average Bonchev–Trinajstić information content (AvgIpc) is 2.42. The van der Waals surface area contributed by atoms with Crippen LogP contribution < -0.4 is 5.32 Å². The number of quaternary nitrogens is 1. The Hall–Kier alpha value is 0.250. The molecule has 16 heavy (non-hydrogen) atoms. The van der Waals surface area contributed by atoms with Crippen molar-refractivity contribution in [2.75, 3.05) is 47.8 Å². The van der Waals surface area contributed by atoms with Gasteiger partial charge in [-0.2, -0.15) is 0 Å². The Kier molecular flexibility index (Phi) is 4.71. The van der Waals surface area contributed by atoms with E-state index in [-0.39, 0.29) is 6.04 Å². The van der Waals surface area contributed by atoms with Crippen LogP contribution in [0, 0.1) is 0 Å². The lowest BCUT2D eigenvalue weighted by Gasteiger charge is -2.22. The van der Waals surface area contributed by atoms with E-state index in [1.807, 2.05) is 35.9 Å². The fourth-order valence-corrected chi connectivity index (χ4v) is 2.30. The summed E-state index contributed by atoms with van der Waals surface area (Å²) in [5, 5.41) is 3.19. The molecule has 1 saturated heterocycles. The SMILES string of the molecule is C/[N+](=C/C1NCC[C@@]1(F)I)CC[N+](C)(C)C. The molecule has 1 heterocycles. The summed E-state index contributed by atoms with van der Waals surface area (Å²) in [5.41, 5.74) is 0. The Morgan fingerprint density at radius 2 is 2.19 bits per heavy atom. The Labute approximate surface area is 111 Å². The van der Waals surface area contributed by atoms with E-state index in [0.29, 0.717) is 6.42 Å². The lowest BCUT2D eigenvalue weighted by Crippen LogP contribution is -2.42. The van der Waals surface area contributed by atoms with Gasteiger partial charge in [-0.05, 0) is 29.1 Å². The molecule has 1 N–H and O–H groups in total. The topological polar surface area (TPSA) is 15.0 Å². The van der Waals surface area contributed by atoms with Gasteiger partial charge in [0.15, 0.2) is 16.4 Å². The molecular formula is C11H23FIN3+2. The summed E-state index contributed by atoms with van der Waals surface area (Å²) >= 11 is 1.92. The highest BCUT2D eigenvalue weighted by atomic mass is 127. The standard InChI is InChI=1S/C11H23FIN3/c1-15(7-8-16(2,3)4)9-10-11(12,13)5-6-14-10/h9-10,14H,5-8H2,1-4H3/q+2/b15-9-/t10?,11-/m1/s1. The predicted molar refractivity (Wildman–Crippen MR) is 74.3 cm³/mol. The van der Waals surface area contributed by atoms with Gasteiger partial charge in [0.2, 0.25) is 0 Å². The Morgan fingerprint density at radius 3 is 2.62 bits per heavy atom. The molecule has 0 saturated carbocycles. The lowest BCUT2D eigenvalue weighted by atomic mass is 10.2. The van der Waals surface area contributed by atoms with Crippen molar-refractivity contribution >= 4 is 28.8 Å². The van der Waals surface area contributed by atoms with Gasteiger partial charge >= 0.3 is 0 Å². The zero-order chi connectivity index (χ0) is 12.4. The normalized spacial score (nSPS) is 32.1. The first-order chi connectivity index (χ1) is 7.21. The summed E-state index contributed by atoms with van der Waals surface area (Å²) in [6.07, 6.45) is 2.58. The van der Waals surface area contributed by atoms with Crippen molar-refractivity contribution < 1.29 is 13.4 Å². The molecule has 0 aromatic carbocycles. The number of rotatable bonds is 4. The minimum atomic E-state index is -1.12. The first kappa shape index (κ1) is 14.3. The smallest absolute Gasteiger partial charge is 0.190 e. The van der Waals surface area contributed by atoms with Crippen LogP contribution in [-0.4, -0.2) is 72.8 Å². The van der Waals surface area contributed by atoms with Crippen LogP contribution in [0.25, 0.3) is 0 Å². The predicted octanol–water partition coefficient (Wildman–Crippen LogP) is 0.868. The van der Waals surface area contributed by atoms with Gasteiger partial charge in [-0.25, -0.2) is 8.97 Å². The van der Waals surface area contributed by atoms with E-state index in [4.69, 9.17) is 0 Å². The molecule has 0 amide bonds. The Balaban J connectivity index is 2.50. The van der Waals surface area contributed by atoms with Crippen molar-refractivity contribution in [3.63, 3.8) is 0 Å². The Bertz CT molecular complexity index is 271. The number of hydrogen-bond acceptors (Lipinski definition) is 1. The van der Waals surface area contributed by atoms with Gasteiger partial charge in [0.05, 0.1) is 21.1 Å². The molecule has 1 rings (SSSR count). The van der Waals surface area contributed by atoms with Crippen LogP contribution >= 0.6 is 22.6 Å². The maximum atomic E-state index is 14.0. The van der Waals surface area contributed by atoms with Crippen LogP contribution in [0.5, 0.6) is 0 Å². The first-order valence-electron chi connectivity index (χ1n) is 5.68. The summed E-state index contributed by atoms with van der Waals surface area (Å²) in [4.78, 5) is 0. The molecule has 0 aromatic heterocycles. The van der Waals surface area contributed by atoms with E-state index in [1.165, 1.54) is 0 Å². The third-order valence-corrected chi connectivity index (χ3v) is 4.02. The molecule has 0 bridgehead atoms. The molecule has 3 nitrogen and oxygen atoms in total. The second kappa shape index (κ2) is 5.27. The van der Waals surface area contributed by atoms with E-state index < -0.39 is 3.68 Å². The summed E-state index contributed by atoms with van der Waals surface area (Å²) in [7, 11) is 8.51. The van der Waals surface area contributed by atoms with Crippen molar-refractivity contribution in [1.29, 1.82) is 0 Å². The highest BCUT2D eigenvalue weighted by Crippen LogP contribution is 2.32. The summed E-state index contributed by atoms with van der Waals surface area (Å²) in [6, 6.07) is -0.148. The van der Waals surface area contributed by atoms with E-state index in [0.717, 1.165) is 24.1 Å². The molecule has 1 aliphatic rings. The van der Waals surface area contributed by atoms with Crippen molar-refractivity contribution in [1.82, 2.24) is 5.32 Å². The maximum Gasteiger partial charge on any atom is 0.190 e. The largest absolute Gasteiger partial charge is 0.326 e. The summed E-state index contributed by atoms with van der Waals surface area (Å²) in [5.74, 6) is 0. The van der Waals surface area contributed by atoms with Crippen LogP contribution in [0.4, 0.5) is 4.39 Å². The van der Waals surface area contributed by atoms with Crippen molar-refractivity contribution in [3.8, 4) is 0 Å². The number of nitrogens with one attached hydrogen (secondary N) is 1. The molecule has 0 radical (unpaired) electrons. The van der Waals surface area contributed by atoms with E-state index >= 15 is 0 Å². The van der Waals surface area contributed by atoms with Crippen molar-refractivity contribution in [2.24, 2.45) is 0 Å². The van der Waals surface area contributed by atoms with Crippen LogP contribution in [0.3, 0.4) is 0 Å². The number of alkyl halides is 2. The third-order valence-electron chi connectivity index (χ3n) is 2.80. The highest BCUT2D eigenvalue weighted by Gasteiger charge is 2.42. The van der Waals surface area contributed by atoms with Gasteiger partial charge in [-0.3, -0.25) is 0 Å². The van der Waals surface area contributed by atoms with Gasteiger partial charge in [-0.15, -0.1) is 0 Å². The summed E-state index contributed by atoms with van der Waals surface area (Å²) in [6.45, 7) is 2.78. The molecule has 2 atom stereocenters. The molecule has 1 aliphatic heterocycles. The zero-order valence-electron chi connectivity index (χ0n) is 10.6. The molecule has 0 aliphatic carbocycles. The number of halogens is 2. The fraction of sp³-hybridized carbons (Fsp3) is 0.909. The van der Waals surface area contributed by atoms with Crippen molar-refractivity contribution in [3.05, 3.63) is 0 Å². The van der Waals surface area contributed by atoms with E-state index in [2.05, 4.69) is 31.0 Å². The zero-order valence-corrected chi connectivity index (χ0v) is 12.8. The molecule has 5 heteroatoms. The minimum absolute atomic E-state index is 0.148. The second-order valence-corrected chi connectivity index (χ2v) is 7.38. The van der Waals surface area contributed by atoms with Gasteiger partial charge < -0.3 is 9.80 Å². The molecule has 1 fully saturated rings. The first-order valence-corrected chi connectivity index (χ1v) is 6.75. The molecule has 0 spiro atoms. The second-order valence-electron chi connectivity index (χ2n) is 5.59. The number of nitrogens with zero attached hydrogens (tertiary/aromatic N) is 2. The fourth-order valence-electron chi connectivity index (χ4n) is 1.65. The average molecular weight is 343 g/mol. The van der Waals surface area contributed by atoms with Crippen LogP contribution in [0.15, 0.2) is 0 Å². The van der Waals surface area contributed by atoms with Gasteiger partial charge in [0.25, 0.3) is 0 Å². The lowest BCUT2D eigenvalue weighted by molar-refractivity contribution is -0.877. The van der Waals surface area contributed by atoms with E-state index in [9.17, 15) is 4.39 Å². The van der Waals surface area contributed by atoms with E-state index in [1.54, 1.807) is 0 Å². The highest BCUT2D eigenvalue weighted by molar-refractivity contribution is 14.1. The number of hydrogen-bond donors (Lipinski definition) is 1. The van der Waals surface area contributed by atoms with Crippen molar-refractivity contribution in [2.45, 2.75) is 16.1 Å². The Morgan fingerprint density at radius 1 is 1.56 bits per heavy atom. The van der Waals surface area contributed by atoms with Gasteiger partial charge in [-0.1, -0.05) is 0 Å². The molecule has 0 aromatic rings. The van der Waals surface area contributed by atoms with Crippen LogP contribution in [-0.2, 0) is 0 Å². The number of likely N-dealkylation sites (N-methyl/N-ethyl adjacent to an activating group) is 2. The maximum absolute atomic E-state index is 14.0. The quantitative estimate of drug-likeness (QED) is 0.263. The van der Waals surface area contributed by atoms with Gasteiger partial charge in [0, 0.05) is 6.42 Å². The molecule has 1 unspecified atom stereocenters. The summed E-state index contributed by atoms with van der Waals surface area (Å²) < 4.78 is 15.9. The van der Waals surface area contributed by atoms with Gasteiger partial charge in [0.1, 0.15) is 19.6 Å². The third kappa shape index (κ3) is 4.63.